The lowest BCUT2D eigenvalue weighted by molar-refractivity contribution is 0.478. The summed E-state index contributed by atoms with van der Waals surface area (Å²) in [5.74, 6) is 0.388. The van der Waals surface area contributed by atoms with E-state index < -0.39 is 18.8 Å². The molecule has 12 heavy (non-hydrogen) atoms. The van der Waals surface area contributed by atoms with E-state index >= 15 is 0 Å². The molecule has 0 spiro atoms. The van der Waals surface area contributed by atoms with E-state index in [1.54, 1.807) is 6.07 Å². The Bertz CT molecular complexity index is 251. The van der Waals surface area contributed by atoms with E-state index in [1.165, 1.54) is 0 Å². The zero-order valence-corrected chi connectivity index (χ0v) is 10.0. The molecule has 1 N–H and O–H groups in total. The molecule has 1 rings (SSSR count). The standard InChI is InChI=1S/C8H14O2Si2/c1-12(2)10-11-8-6-4-3-5-7(8)9/h3-6,9,12H,11H2,1-2H3. The Morgan fingerprint density at radius 2 is 2.00 bits per heavy atom. The van der Waals surface area contributed by atoms with Gasteiger partial charge < -0.3 is 9.22 Å². The summed E-state index contributed by atoms with van der Waals surface area (Å²) in [6, 6.07) is 7.43. The van der Waals surface area contributed by atoms with Gasteiger partial charge in [0.15, 0.2) is 18.8 Å². The van der Waals surface area contributed by atoms with Crippen molar-refractivity contribution >= 4 is 24.0 Å². The number of hydrogen-bond donors (Lipinski definition) is 1. The van der Waals surface area contributed by atoms with E-state index in [1.807, 2.05) is 18.2 Å². The third-order valence-electron chi connectivity index (χ3n) is 1.56. The Hall–Kier alpha value is -0.586. The third kappa shape index (κ3) is 2.80. The lowest BCUT2D eigenvalue weighted by Crippen LogP contribution is -2.23. The summed E-state index contributed by atoms with van der Waals surface area (Å²) in [5, 5.41) is 10.4. The second-order valence-electron chi connectivity index (χ2n) is 2.99. The van der Waals surface area contributed by atoms with Crippen molar-refractivity contribution in [2.75, 3.05) is 0 Å². The van der Waals surface area contributed by atoms with Crippen molar-refractivity contribution in [2.45, 2.75) is 13.1 Å². The van der Waals surface area contributed by atoms with Gasteiger partial charge in [-0.2, -0.15) is 0 Å². The quantitative estimate of drug-likeness (QED) is 0.698. The van der Waals surface area contributed by atoms with Crippen LogP contribution in [0.15, 0.2) is 24.3 Å². The normalized spacial score (nSPS) is 11.6. The van der Waals surface area contributed by atoms with Crippen LogP contribution in [0.25, 0.3) is 0 Å². The Balaban J connectivity index is 2.57. The van der Waals surface area contributed by atoms with Crippen molar-refractivity contribution in [3.05, 3.63) is 24.3 Å². The molecule has 0 radical (unpaired) electrons. The summed E-state index contributed by atoms with van der Waals surface area (Å²) in [7, 11) is -1.59. The van der Waals surface area contributed by atoms with Gasteiger partial charge in [-0.3, -0.25) is 0 Å². The molecule has 0 saturated heterocycles. The molecule has 0 aliphatic heterocycles. The van der Waals surface area contributed by atoms with Crippen LogP contribution in [-0.2, 0) is 4.12 Å². The summed E-state index contributed by atoms with van der Waals surface area (Å²) in [6.45, 7) is 4.29. The van der Waals surface area contributed by atoms with Crippen LogP contribution in [-0.4, -0.2) is 23.9 Å². The first-order chi connectivity index (χ1) is 5.70. The highest BCUT2D eigenvalue weighted by atomic mass is 28.3. The average molecular weight is 198 g/mol. The van der Waals surface area contributed by atoms with Crippen molar-refractivity contribution in [1.82, 2.24) is 0 Å². The number of aromatic hydroxyl groups is 1. The van der Waals surface area contributed by atoms with Crippen LogP contribution < -0.4 is 5.19 Å². The molecule has 0 heterocycles. The van der Waals surface area contributed by atoms with Gasteiger partial charge in [0.2, 0.25) is 0 Å². The Labute approximate surface area is 76.9 Å². The predicted molar refractivity (Wildman–Crippen MR) is 56.2 cm³/mol. The van der Waals surface area contributed by atoms with E-state index in [0.29, 0.717) is 5.75 Å². The maximum atomic E-state index is 9.39. The summed E-state index contributed by atoms with van der Waals surface area (Å²) in [6.07, 6.45) is 0. The molecule has 1 aromatic rings. The molecule has 0 aromatic heterocycles. The second kappa shape index (κ2) is 4.44. The molecule has 0 amide bonds. The van der Waals surface area contributed by atoms with Gasteiger partial charge >= 0.3 is 0 Å². The van der Waals surface area contributed by atoms with Gasteiger partial charge in [-0.15, -0.1) is 0 Å². The second-order valence-corrected chi connectivity index (χ2v) is 7.47. The van der Waals surface area contributed by atoms with Crippen LogP contribution >= 0.6 is 0 Å². The van der Waals surface area contributed by atoms with Crippen molar-refractivity contribution in [3.8, 4) is 5.75 Å². The minimum absolute atomic E-state index is 0.388. The van der Waals surface area contributed by atoms with Crippen LogP contribution in [0.3, 0.4) is 0 Å². The van der Waals surface area contributed by atoms with Gasteiger partial charge in [0.05, 0.1) is 0 Å². The third-order valence-corrected chi connectivity index (χ3v) is 5.81. The highest BCUT2D eigenvalue weighted by molar-refractivity contribution is 6.62. The minimum Gasteiger partial charge on any atom is -0.508 e. The first-order valence-electron chi connectivity index (χ1n) is 4.08. The SMILES string of the molecule is C[SiH](C)O[SiH2]c1ccccc1O. The lowest BCUT2D eigenvalue weighted by Gasteiger charge is -2.07. The zero-order chi connectivity index (χ0) is 8.97. The smallest absolute Gasteiger partial charge is 0.182 e. The molecule has 0 unspecified atom stereocenters. The fourth-order valence-corrected chi connectivity index (χ4v) is 3.44. The minimum atomic E-state index is -0.910. The van der Waals surface area contributed by atoms with Crippen LogP contribution in [0.4, 0.5) is 0 Å². The topological polar surface area (TPSA) is 29.5 Å². The number of hydrogen-bond acceptors (Lipinski definition) is 2. The van der Waals surface area contributed by atoms with E-state index in [0.717, 1.165) is 5.19 Å². The van der Waals surface area contributed by atoms with E-state index in [9.17, 15) is 5.11 Å². The Morgan fingerprint density at radius 3 is 2.58 bits per heavy atom. The van der Waals surface area contributed by atoms with Gasteiger partial charge in [-0.05, 0) is 19.2 Å². The summed E-state index contributed by atoms with van der Waals surface area (Å²) in [4.78, 5) is 0. The van der Waals surface area contributed by atoms with Crippen LogP contribution in [0.5, 0.6) is 5.75 Å². The molecule has 0 fully saturated rings. The first kappa shape index (κ1) is 9.50. The summed E-state index contributed by atoms with van der Waals surface area (Å²) < 4.78 is 5.63. The zero-order valence-electron chi connectivity index (χ0n) is 7.45. The van der Waals surface area contributed by atoms with Crippen molar-refractivity contribution in [3.63, 3.8) is 0 Å². The Morgan fingerprint density at radius 1 is 1.33 bits per heavy atom. The van der Waals surface area contributed by atoms with Crippen molar-refractivity contribution < 1.29 is 9.22 Å². The summed E-state index contributed by atoms with van der Waals surface area (Å²) in [5.41, 5.74) is 0. The highest BCUT2D eigenvalue weighted by Crippen LogP contribution is 2.01. The molecule has 0 saturated carbocycles. The summed E-state index contributed by atoms with van der Waals surface area (Å²) >= 11 is 0. The van der Waals surface area contributed by atoms with Crippen LogP contribution in [0.2, 0.25) is 13.1 Å². The van der Waals surface area contributed by atoms with E-state index in [2.05, 4.69) is 13.1 Å². The van der Waals surface area contributed by atoms with Crippen LogP contribution in [0, 0.1) is 0 Å². The predicted octanol–water partition coefficient (Wildman–Crippen LogP) is 0.101. The fourth-order valence-electron chi connectivity index (χ4n) is 0.889. The van der Waals surface area contributed by atoms with Crippen molar-refractivity contribution in [2.24, 2.45) is 0 Å². The molecular formula is C8H14O2Si2. The lowest BCUT2D eigenvalue weighted by atomic mass is 10.3. The van der Waals surface area contributed by atoms with Gasteiger partial charge in [0.25, 0.3) is 0 Å². The molecule has 0 bridgehead atoms. The molecule has 0 aliphatic rings. The van der Waals surface area contributed by atoms with Gasteiger partial charge in [0, 0.05) is 5.19 Å². The van der Waals surface area contributed by atoms with Gasteiger partial charge in [0.1, 0.15) is 5.75 Å². The number of phenolic OH excluding ortho intramolecular Hbond substituents is 1. The molecular weight excluding hydrogens is 184 g/mol. The van der Waals surface area contributed by atoms with E-state index in [4.69, 9.17) is 4.12 Å². The monoisotopic (exact) mass is 198 g/mol. The molecule has 66 valence electrons. The van der Waals surface area contributed by atoms with Gasteiger partial charge in [-0.1, -0.05) is 18.2 Å². The molecule has 0 aliphatic carbocycles. The maximum Gasteiger partial charge on any atom is 0.182 e. The first-order valence-corrected chi connectivity index (χ1v) is 8.15. The largest absolute Gasteiger partial charge is 0.508 e. The average Bonchev–Trinajstić information content (AvgIpc) is 2.03. The van der Waals surface area contributed by atoms with Crippen molar-refractivity contribution in [1.29, 1.82) is 0 Å². The highest BCUT2D eigenvalue weighted by Gasteiger charge is 2.01. The number of phenols is 1. The molecule has 0 atom stereocenters. The number of para-hydroxylation sites is 1. The molecule has 4 heteroatoms. The van der Waals surface area contributed by atoms with Crippen LogP contribution in [0.1, 0.15) is 0 Å². The Kier molecular flexibility index (Phi) is 3.52. The van der Waals surface area contributed by atoms with E-state index in [-0.39, 0.29) is 0 Å². The number of benzene rings is 1. The number of rotatable bonds is 3. The fraction of sp³-hybridized carbons (Fsp3) is 0.250. The molecule has 2 nitrogen and oxygen atoms in total. The molecule has 1 aromatic carbocycles. The maximum absolute atomic E-state index is 9.39. The van der Waals surface area contributed by atoms with Gasteiger partial charge in [-0.25, -0.2) is 0 Å².